The van der Waals surface area contributed by atoms with Gasteiger partial charge >= 0.3 is 0 Å². The summed E-state index contributed by atoms with van der Waals surface area (Å²) >= 11 is 0. The zero-order valence-electron chi connectivity index (χ0n) is 7.08. The van der Waals surface area contributed by atoms with Gasteiger partial charge in [-0.05, 0) is 13.8 Å². The third kappa shape index (κ3) is 10.6. The van der Waals surface area contributed by atoms with Crippen LogP contribution < -0.4 is 0 Å². The Balaban J connectivity index is 2.80. The fraction of sp³-hybridized carbons (Fsp3) is 1.00. The first-order chi connectivity index (χ1) is 5.27. The summed E-state index contributed by atoms with van der Waals surface area (Å²) in [6.45, 7) is 5.14. The molecule has 0 saturated carbocycles. The number of ether oxygens (including phenoxy) is 1. The van der Waals surface area contributed by atoms with Gasteiger partial charge in [-0.3, -0.25) is 0 Å². The van der Waals surface area contributed by atoms with Gasteiger partial charge in [0.25, 0.3) is 0 Å². The molecule has 0 rings (SSSR count). The molecule has 1 N–H and O–H groups in total. The first-order valence-electron chi connectivity index (χ1n) is 3.74. The Labute approximate surface area is 76.5 Å². The van der Waals surface area contributed by atoms with Crippen LogP contribution in [0.25, 0.3) is 0 Å². The smallest absolute Gasteiger partial charge is 0.0568 e. The molecule has 0 atom stereocenters. The normalized spacial score (nSPS) is 10.9. The maximum atomic E-state index is 8.45. The van der Waals surface area contributed by atoms with Gasteiger partial charge in [0.15, 0.2) is 0 Å². The van der Waals surface area contributed by atoms with Crippen molar-refractivity contribution in [1.82, 2.24) is 0 Å². The molecule has 0 aromatic carbocycles. The van der Waals surface area contributed by atoms with Crippen LogP contribution in [0.1, 0.15) is 13.8 Å². The van der Waals surface area contributed by atoms with E-state index in [9.17, 15) is 0 Å². The predicted octanol–water partition coefficient (Wildman–Crippen LogP) is 1.79. The number of rotatable bonds is 7. The third-order valence-electron chi connectivity index (χ3n) is 0.876. The van der Waals surface area contributed by atoms with Crippen LogP contribution in [0.3, 0.4) is 0 Å². The molecule has 0 bridgehead atoms. The van der Waals surface area contributed by atoms with E-state index in [1.165, 1.54) is 0 Å². The molecule has 0 unspecified atom stereocenters. The van der Waals surface area contributed by atoms with Crippen molar-refractivity contribution in [3.8, 4) is 0 Å². The summed E-state index contributed by atoms with van der Waals surface area (Å²) in [5.41, 5.74) is 0. The predicted molar refractivity (Wildman–Crippen MR) is 53.1 cm³/mol. The van der Waals surface area contributed by atoms with E-state index in [0.717, 1.165) is 18.1 Å². The maximum absolute atomic E-state index is 8.45. The fourth-order valence-corrected chi connectivity index (χ4v) is 2.08. The minimum absolute atomic E-state index is 0.267. The van der Waals surface area contributed by atoms with E-state index < -0.39 is 0 Å². The lowest BCUT2D eigenvalue weighted by atomic mass is 10.5. The fourth-order valence-electron chi connectivity index (χ4n) is 0.473. The van der Waals surface area contributed by atoms with E-state index in [0.29, 0.717) is 6.10 Å². The lowest BCUT2D eigenvalue weighted by molar-refractivity contribution is 0.0921. The second kappa shape index (κ2) is 8.71. The lowest BCUT2D eigenvalue weighted by Gasteiger charge is -2.05. The average molecular weight is 196 g/mol. The van der Waals surface area contributed by atoms with Gasteiger partial charge in [-0.15, -0.1) is 0 Å². The molecule has 2 nitrogen and oxygen atoms in total. The van der Waals surface area contributed by atoms with Crippen molar-refractivity contribution in [3.05, 3.63) is 0 Å². The Bertz CT molecular complexity index is 78.8. The molecule has 0 aromatic heterocycles. The molecule has 0 fully saturated rings. The van der Waals surface area contributed by atoms with Gasteiger partial charge in [-0.1, -0.05) is 21.6 Å². The highest BCUT2D eigenvalue weighted by Crippen LogP contribution is 2.19. The summed E-state index contributed by atoms with van der Waals surface area (Å²) in [6.07, 6.45) is 0.332. The minimum atomic E-state index is 0.267. The Morgan fingerprint density at radius 2 is 1.91 bits per heavy atom. The maximum Gasteiger partial charge on any atom is 0.0568 e. The summed E-state index contributed by atoms with van der Waals surface area (Å²) in [5, 5.41) is 8.45. The van der Waals surface area contributed by atoms with Crippen LogP contribution in [-0.4, -0.2) is 35.9 Å². The van der Waals surface area contributed by atoms with E-state index in [1.807, 2.05) is 13.8 Å². The molecule has 0 aromatic rings. The first kappa shape index (κ1) is 11.6. The van der Waals surface area contributed by atoms with E-state index in [4.69, 9.17) is 9.84 Å². The zero-order valence-corrected chi connectivity index (χ0v) is 8.71. The Hall–Kier alpha value is 0.620. The van der Waals surface area contributed by atoms with Crippen molar-refractivity contribution in [1.29, 1.82) is 0 Å². The van der Waals surface area contributed by atoms with Crippen LogP contribution in [0.2, 0.25) is 0 Å². The number of hydrogen-bond donors (Lipinski definition) is 1. The minimum Gasteiger partial charge on any atom is -0.395 e. The molecule has 0 heterocycles. The standard InChI is InChI=1S/C7H16O2S2/c1-7(2)9-4-6-11-10-5-3-8/h7-8H,3-6H2,1-2H3. The Morgan fingerprint density at radius 3 is 2.45 bits per heavy atom. The summed E-state index contributed by atoms with van der Waals surface area (Å²) in [7, 11) is 3.44. The van der Waals surface area contributed by atoms with Gasteiger partial charge in [0.1, 0.15) is 0 Å². The van der Waals surface area contributed by atoms with Crippen LogP contribution in [0.5, 0.6) is 0 Å². The van der Waals surface area contributed by atoms with Crippen LogP contribution in [-0.2, 0) is 4.74 Å². The van der Waals surface area contributed by atoms with E-state index in [2.05, 4.69) is 0 Å². The van der Waals surface area contributed by atoms with Crippen LogP contribution in [0.15, 0.2) is 0 Å². The highest BCUT2D eigenvalue weighted by Gasteiger charge is 1.93. The molecular formula is C7H16O2S2. The van der Waals surface area contributed by atoms with Crippen molar-refractivity contribution in [2.75, 3.05) is 24.7 Å². The largest absolute Gasteiger partial charge is 0.395 e. The summed E-state index contributed by atoms with van der Waals surface area (Å²) in [4.78, 5) is 0. The van der Waals surface area contributed by atoms with E-state index >= 15 is 0 Å². The third-order valence-corrected chi connectivity index (χ3v) is 3.23. The van der Waals surface area contributed by atoms with Crippen molar-refractivity contribution in [2.24, 2.45) is 0 Å². The van der Waals surface area contributed by atoms with Gasteiger partial charge in [-0.25, -0.2) is 0 Å². The van der Waals surface area contributed by atoms with Gasteiger partial charge in [-0.2, -0.15) is 0 Å². The molecule has 0 aliphatic rings. The summed E-state index contributed by atoms with van der Waals surface area (Å²) in [5.74, 6) is 1.81. The van der Waals surface area contributed by atoms with E-state index in [-0.39, 0.29) is 6.61 Å². The Morgan fingerprint density at radius 1 is 1.27 bits per heavy atom. The molecule has 0 aliphatic carbocycles. The second-order valence-electron chi connectivity index (χ2n) is 2.29. The lowest BCUT2D eigenvalue weighted by Crippen LogP contribution is -2.04. The molecule has 0 saturated heterocycles. The molecular weight excluding hydrogens is 180 g/mol. The molecule has 0 radical (unpaired) electrons. The second-order valence-corrected chi connectivity index (χ2v) is 4.99. The zero-order chi connectivity index (χ0) is 8.53. The van der Waals surface area contributed by atoms with Crippen molar-refractivity contribution in [2.45, 2.75) is 20.0 Å². The molecule has 11 heavy (non-hydrogen) atoms. The molecule has 0 amide bonds. The highest BCUT2D eigenvalue weighted by molar-refractivity contribution is 8.76. The monoisotopic (exact) mass is 196 g/mol. The van der Waals surface area contributed by atoms with Gasteiger partial charge in [0, 0.05) is 11.5 Å². The van der Waals surface area contributed by atoms with Crippen molar-refractivity contribution in [3.63, 3.8) is 0 Å². The number of aliphatic hydroxyl groups excluding tert-OH is 1. The van der Waals surface area contributed by atoms with Gasteiger partial charge < -0.3 is 9.84 Å². The molecule has 0 spiro atoms. The first-order valence-corrected chi connectivity index (χ1v) is 6.23. The number of hydrogen-bond acceptors (Lipinski definition) is 4. The van der Waals surface area contributed by atoms with Crippen LogP contribution >= 0.6 is 21.6 Å². The highest BCUT2D eigenvalue weighted by atomic mass is 33.1. The van der Waals surface area contributed by atoms with Crippen molar-refractivity contribution < 1.29 is 9.84 Å². The SMILES string of the molecule is CC(C)OCCSSCCO. The van der Waals surface area contributed by atoms with Crippen molar-refractivity contribution >= 4 is 21.6 Å². The molecule has 68 valence electrons. The number of aliphatic hydroxyl groups is 1. The topological polar surface area (TPSA) is 29.5 Å². The summed E-state index contributed by atoms with van der Waals surface area (Å²) in [6, 6.07) is 0. The van der Waals surface area contributed by atoms with E-state index in [1.54, 1.807) is 21.6 Å². The molecule has 4 heteroatoms. The summed E-state index contributed by atoms with van der Waals surface area (Å²) < 4.78 is 5.33. The molecule has 0 aliphatic heterocycles. The van der Waals surface area contributed by atoms with Gasteiger partial charge in [0.05, 0.1) is 19.3 Å². The Kier molecular flexibility index (Phi) is 9.21. The average Bonchev–Trinajstić information content (AvgIpc) is 1.96. The van der Waals surface area contributed by atoms with Crippen LogP contribution in [0, 0.1) is 0 Å². The van der Waals surface area contributed by atoms with Gasteiger partial charge in [0.2, 0.25) is 0 Å². The van der Waals surface area contributed by atoms with Crippen LogP contribution in [0.4, 0.5) is 0 Å². The quantitative estimate of drug-likeness (QED) is 0.496.